The van der Waals surface area contributed by atoms with Crippen molar-refractivity contribution in [2.45, 2.75) is 32.4 Å². The lowest BCUT2D eigenvalue weighted by Gasteiger charge is -2.23. The van der Waals surface area contributed by atoms with Gasteiger partial charge in [0.05, 0.1) is 26.4 Å². The summed E-state index contributed by atoms with van der Waals surface area (Å²) < 4.78 is 16.7. The molecule has 1 amide bonds. The zero-order valence-electron chi connectivity index (χ0n) is 16.4. The molecule has 1 saturated heterocycles. The fraction of sp³-hybridized carbons (Fsp3) is 0.409. The highest BCUT2D eigenvalue weighted by Gasteiger charge is 2.22. The van der Waals surface area contributed by atoms with Gasteiger partial charge in [0, 0.05) is 24.1 Å². The standard InChI is InChI=1S/C22H27NO4S/c1-3-26-20-10-8-17(14-21(20)25-2)9-11-22(24)23(15-18-6-4-12-27-18)16-19-7-5-13-28-19/h5,7-11,13-14,18H,3-4,6,12,15-16H2,1-2H3/b11-9+. The number of carbonyl (C=O) groups is 1. The Morgan fingerprint density at radius 2 is 2.25 bits per heavy atom. The number of carbonyl (C=O) groups excluding carboxylic acids is 1. The molecule has 0 radical (unpaired) electrons. The van der Waals surface area contributed by atoms with Gasteiger partial charge in [-0.2, -0.15) is 0 Å². The van der Waals surface area contributed by atoms with Gasteiger partial charge in [-0.15, -0.1) is 11.3 Å². The van der Waals surface area contributed by atoms with Crippen LogP contribution in [0, 0.1) is 0 Å². The summed E-state index contributed by atoms with van der Waals surface area (Å²) in [5.74, 6) is 1.34. The molecule has 6 heteroatoms. The van der Waals surface area contributed by atoms with Crippen molar-refractivity contribution in [3.8, 4) is 11.5 Å². The predicted octanol–water partition coefficient (Wildman–Crippen LogP) is 4.38. The Bertz CT molecular complexity index is 782. The second-order valence-electron chi connectivity index (χ2n) is 6.61. The largest absolute Gasteiger partial charge is 0.493 e. The van der Waals surface area contributed by atoms with E-state index in [-0.39, 0.29) is 12.0 Å². The highest BCUT2D eigenvalue weighted by molar-refractivity contribution is 7.09. The van der Waals surface area contributed by atoms with Gasteiger partial charge in [0.15, 0.2) is 11.5 Å². The molecular formula is C22H27NO4S. The highest BCUT2D eigenvalue weighted by Crippen LogP contribution is 2.28. The first-order valence-corrected chi connectivity index (χ1v) is 10.5. The molecule has 2 heterocycles. The molecule has 150 valence electrons. The molecule has 1 fully saturated rings. The maximum absolute atomic E-state index is 12.9. The van der Waals surface area contributed by atoms with Crippen LogP contribution >= 0.6 is 11.3 Å². The van der Waals surface area contributed by atoms with E-state index in [2.05, 4.69) is 6.07 Å². The zero-order chi connectivity index (χ0) is 19.8. The number of rotatable bonds is 9. The van der Waals surface area contributed by atoms with Crippen LogP contribution in [0.15, 0.2) is 41.8 Å². The first-order chi connectivity index (χ1) is 13.7. The first kappa shape index (κ1) is 20.4. The molecule has 1 atom stereocenters. The van der Waals surface area contributed by atoms with Crippen molar-refractivity contribution in [3.05, 3.63) is 52.2 Å². The van der Waals surface area contributed by atoms with Crippen LogP contribution in [0.5, 0.6) is 11.5 Å². The van der Waals surface area contributed by atoms with E-state index < -0.39 is 0 Å². The predicted molar refractivity (Wildman–Crippen MR) is 112 cm³/mol. The molecule has 0 bridgehead atoms. The number of benzene rings is 1. The second-order valence-corrected chi connectivity index (χ2v) is 7.64. The van der Waals surface area contributed by atoms with Gasteiger partial charge in [-0.25, -0.2) is 0 Å². The average molecular weight is 402 g/mol. The van der Waals surface area contributed by atoms with E-state index in [0.29, 0.717) is 31.2 Å². The first-order valence-electron chi connectivity index (χ1n) is 9.61. The summed E-state index contributed by atoms with van der Waals surface area (Å²) in [7, 11) is 1.61. The minimum Gasteiger partial charge on any atom is -0.493 e. The van der Waals surface area contributed by atoms with Crippen LogP contribution in [-0.2, 0) is 16.1 Å². The van der Waals surface area contributed by atoms with Crippen LogP contribution in [0.25, 0.3) is 6.08 Å². The third-order valence-electron chi connectivity index (χ3n) is 4.59. The number of amides is 1. The van der Waals surface area contributed by atoms with Gasteiger partial charge in [0.1, 0.15) is 0 Å². The summed E-state index contributed by atoms with van der Waals surface area (Å²) in [6, 6.07) is 9.72. The molecule has 3 rings (SSSR count). The zero-order valence-corrected chi connectivity index (χ0v) is 17.2. The van der Waals surface area contributed by atoms with Crippen molar-refractivity contribution in [2.24, 2.45) is 0 Å². The minimum atomic E-state index is -0.0169. The topological polar surface area (TPSA) is 48.0 Å². The number of ether oxygens (including phenoxy) is 3. The van der Waals surface area contributed by atoms with E-state index in [1.807, 2.05) is 47.5 Å². The van der Waals surface area contributed by atoms with Crippen LogP contribution in [0.2, 0.25) is 0 Å². The molecule has 0 spiro atoms. The quantitative estimate of drug-likeness (QED) is 0.585. The van der Waals surface area contributed by atoms with Crippen molar-refractivity contribution >= 4 is 23.3 Å². The smallest absolute Gasteiger partial charge is 0.246 e. The highest BCUT2D eigenvalue weighted by atomic mass is 32.1. The maximum Gasteiger partial charge on any atom is 0.246 e. The fourth-order valence-electron chi connectivity index (χ4n) is 3.19. The third kappa shape index (κ3) is 5.59. The Morgan fingerprint density at radius 1 is 1.36 bits per heavy atom. The normalized spacial score (nSPS) is 16.4. The van der Waals surface area contributed by atoms with E-state index >= 15 is 0 Å². The number of hydrogen-bond donors (Lipinski definition) is 0. The molecule has 1 aromatic carbocycles. The molecule has 1 aliphatic heterocycles. The number of hydrogen-bond acceptors (Lipinski definition) is 5. The number of nitrogens with zero attached hydrogens (tertiary/aromatic N) is 1. The lowest BCUT2D eigenvalue weighted by molar-refractivity contribution is -0.128. The third-order valence-corrected chi connectivity index (χ3v) is 5.45. The summed E-state index contributed by atoms with van der Waals surface area (Å²) in [5, 5.41) is 2.03. The van der Waals surface area contributed by atoms with Crippen LogP contribution < -0.4 is 9.47 Å². The van der Waals surface area contributed by atoms with Crippen molar-refractivity contribution < 1.29 is 19.0 Å². The Labute approximate surface area is 170 Å². The SMILES string of the molecule is CCOc1ccc(/C=C/C(=O)N(Cc2cccs2)CC2CCCO2)cc1OC. The average Bonchev–Trinajstić information content (AvgIpc) is 3.41. The number of methoxy groups -OCH3 is 1. The summed E-state index contributed by atoms with van der Waals surface area (Å²) in [6.45, 7) is 4.52. The molecule has 5 nitrogen and oxygen atoms in total. The Morgan fingerprint density at radius 3 is 2.93 bits per heavy atom. The fourth-order valence-corrected chi connectivity index (χ4v) is 3.91. The summed E-state index contributed by atoms with van der Waals surface area (Å²) in [5.41, 5.74) is 0.891. The minimum absolute atomic E-state index is 0.0169. The second kappa shape index (κ2) is 10.3. The molecular weight excluding hydrogens is 374 g/mol. The van der Waals surface area contributed by atoms with Gasteiger partial charge in [-0.3, -0.25) is 4.79 Å². The van der Waals surface area contributed by atoms with Crippen molar-refractivity contribution in [2.75, 3.05) is 26.9 Å². The van der Waals surface area contributed by atoms with E-state index in [4.69, 9.17) is 14.2 Å². The summed E-state index contributed by atoms with van der Waals surface area (Å²) >= 11 is 1.66. The molecule has 28 heavy (non-hydrogen) atoms. The number of thiophene rings is 1. The molecule has 2 aromatic rings. The van der Waals surface area contributed by atoms with Gasteiger partial charge in [-0.05, 0) is 55.0 Å². The summed E-state index contributed by atoms with van der Waals surface area (Å²) in [6.07, 6.45) is 5.64. The van der Waals surface area contributed by atoms with E-state index in [1.165, 1.54) is 4.88 Å². The van der Waals surface area contributed by atoms with Crippen LogP contribution in [-0.4, -0.2) is 43.8 Å². The van der Waals surface area contributed by atoms with E-state index in [9.17, 15) is 4.79 Å². The van der Waals surface area contributed by atoms with Crippen molar-refractivity contribution in [3.63, 3.8) is 0 Å². The van der Waals surface area contributed by atoms with Gasteiger partial charge < -0.3 is 19.1 Å². The van der Waals surface area contributed by atoms with Crippen LogP contribution in [0.3, 0.4) is 0 Å². The lowest BCUT2D eigenvalue weighted by atomic mass is 10.1. The summed E-state index contributed by atoms with van der Waals surface area (Å²) in [4.78, 5) is 15.9. The molecule has 1 unspecified atom stereocenters. The van der Waals surface area contributed by atoms with Crippen molar-refractivity contribution in [1.82, 2.24) is 4.90 Å². The van der Waals surface area contributed by atoms with Gasteiger partial charge in [0.25, 0.3) is 0 Å². The molecule has 0 saturated carbocycles. The Balaban J connectivity index is 1.70. The van der Waals surface area contributed by atoms with Crippen LogP contribution in [0.1, 0.15) is 30.2 Å². The van der Waals surface area contributed by atoms with Gasteiger partial charge >= 0.3 is 0 Å². The monoisotopic (exact) mass is 401 g/mol. The van der Waals surface area contributed by atoms with Gasteiger partial charge in [-0.1, -0.05) is 12.1 Å². The Hall–Kier alpha value is -2.31. The Kier molecular flexibility index (Phi) is 7.51. The van der Waals surface area contributed by atoms with Gasteiger partial charge in [0.2, 0.25) is 5.91 Å². The van der Waals surface area contributed by atoms with E-state index in [0.717, 1.165) is 25.0 Å². The van der Waals surface area contributed by atoms with E-state index in [1.54, 1.807) is 24.5 Å². The lowest BCUT2D eigenvalue weighted by Crippen LogP contribution is -2.35. The molecule has 1 aliphatic rings. The maximum atomic E-state index is 12.9. The molecule has 0 N–H and O–H groups in total. The molecule has 1 aromatic heterocycles. The van der Waals surface area contributed by atoms with Crippen molar-refractivity contribution in [1.29, 1.82) is 0 Å². The van der Waals surface area contributed by atoms with Crippen LogP contribution in [0.4, 0.5) is 0 Å². The molecule has 0 aliphatic carbocycles.